The highest BCUT2D eigenvalue weighted by Gasteiger charge is 2.57. The third-order valence-corrected chi connectivity index (χ3v) is 7.51. The molecule has 2 N–H and O–H groups in total. The van der Waals surface area contributed by atoms with E-state index in [1.807, 2.05) is 29.2 Å². The van der Waals surface area contributed by atoms with Gasteiger partial charge in [-0.3, -0.25) is 0 Å². The Morgan fingerprint density at radius 1 is 1.06 bits per heavy atom. The van der Waals surface area contributed by atoms with Gasteiger partial charge in [-0.1, -0.05) is 18.2 Å². The lowest BCUT2D eigenvalue weighted by atomic mass is 9.73. The average molecular weight is 425 g/mol. The van der Waals surface area contributed by atoms with Crippen LogP contribution < -0.4 is 20.3 Å². The van der Waals surface area contributed by atoms with E-state index in [2.05, 4.69) is 10.6 Å². The molecule has 2 aromatic rings. The van der Waals surface area contributed by atoms with Gasteiger partial charge in [0.25, 0.3) is 0 Å². The van der Waals surface area contributed by atoms with E-state index in [-0.39, 0.29) is 23.7 Å². The van der Waals surface area contributed by atoms with Crippen molar-refractivity contribution >= 4 is 11.7 Å². The van der Waals surface area contributed by atoms with Gasteiger partial charge in [0, 0.05) is 49.0 Å². The number of nitrogens with zero attached hydrogens (tertiary/aromatic N) is 1. The molecule has 4 aliphatic rings. The summed E-state index contributed by atoms with van der Waals surface area (Å²) in [5, 5.41) is 6.29. The van der Waals surface area contributed by atoms with Crippen LogP contribution in [0.2, 0.25) is 0 Å². The fraction of sp³-hybridized carbons (Fsp3) is 0.458. The van der Waals surface area contributed by atoms with Gasteiger partial charge in [0.05, 0.1) is 11.7 Å². The number of benzene rings is 2. The van der Waals surface area contributed by atoms with Crippen LogP contribution in [0.25, 0.3) is 0 Å². The van der Waals surface area contributed by atoms with Crippen LogP contribution in [0, 0.1) is 23.5 Å². The molecule has 1 spiro atoms. The van der Waals surface area contributed by atoms with Crippen molar-refractivity contribution in [1.82, 2.24) is 10.6 Å². The molecule has 162 valence electrons. The molecule has 4 atom stereocenters. The number of rotatable bonds is 3. The summed E-state index contributed by atoms with van der Waals surface area (Å²) in [6, 6.07) is 11.5. The van der Waals surface area contributed by atoms with E-state index in [9.17, 15) is 13.6 Å². The molecule has 2 unspecified atom stereocenters. The Morgan fingerprint density at radius 2 is 1.84 bits per heavy atom. The van der Waals surface area contributed by atoms with Gasteiger partial charge in [-0.05, 0) is 37.5 Å². The molecular formula is C24H25F2N3O2. The number of ether oxygens (including phenoxy) is 1. The molecule has 6 rings (SSSR count). The molecule has 3 fully saturated rings. The molecule has 2 heterocycles. The molecular weight excluding hydrogens is 400 g/mol. The second-order valence-electron chi connectivity index (χ2n) is 9.41. The Kier molecular flexibility index (Phi) is 4.17. The Labute approximate surface area is 179 Å². The summed E-state index contributed by atoms with van der Waals surface area (Å²) in [6.45, 7) is 1.34. The summed E-state index contributed by atoms with van der Waals surface area (Å²) in [5.41, 5.74) is 1.33. The molecule has 0 radical (unpaired) electrons. The number of piperidine rings is 1. The van der Waals surface area contributed by atoms with E-state index in [0.717, 1.165) is 43.1 Å². The molecule has 31 heavy (non-hydrogen) atoms. The largest absolute Gasteiger partial charge is 0.487 e. The predicted molar refractivity (Wildman–Crippen MR) is 112 cm³/mol. The molecule has 2 amide bonds. The Bertz CT molecular complexity index is 1030. The van der Waals surface area contributed by atoms with Crippen molar-refractivity contribution in [2.75, 3.05) is 18.0 Å². The summed E-state index contributed by atoms with van der Waals surface area (Å²) < 4.78 is 33.5. The van der Waals surface area contributed by atoms with Crippen LogP contribution in [0.1, 0.15) is 37.3 Å². The fourth-order valence-corrected chi connectivity index (χ4v) is 5.65. The van der Waals surface area contributed by atoms with E-state index in [1.54, 1.807) is 0 Å². The second-order valence-corrected chi connectivity index (χ2v) is 9.41. The molecule has 0 bridgehead atoms. The SMILES string of the molecule is O=C(NC1CC2(CCC2)Oc2ccccc21)NC1[C@H]2CN(c3ccc(F)cc3F)C[C@@H]12. The third kappa shape index (κ3) is 3.22. The average Bonchev–Trinajstić information content (AvgIpc) is 3.15. The normalized spacial score (nSPS) is 29.4. The first kappa shape index (κ1) is 18.9. The minimum Gasteiger partial charge on any atom is -0.487 e. The molecule has 2 aliphatic heterocycles. The summed E-state index contributed by atoms with van der Waals surface area (Å²) in [5.74, 6) is 0.371. The Morgan fingerprint density at radius 3 is 2.55 bits per heavy atom. The molecule has 5 nitrogen and oxygen atoms in total. The van der Waals surface area contributed by atoms with Gasteiger partial charge in [0.2, 0.25) is 0 Å². The van der Waals surface area contributed by atoms with Crippen molar-refractivity contribution in [3.63, 3.8) is 0 Å². The van der Waals surface area contributed by atoms with Crippen LogP contribution in [0.5, 0.6) is 5.75 Å². The first-order valence-corrected chi connectivity index (χ1v) is 11.1. The van der Waals surface area contributed by atoms with Gasteiger partial charge < -0.3 is 20.3 Å². The first-order valence-electron chi connectivity index (χ1n) is 11.1. The minimum absolute atomic E-state index is 0.0614. The molecule has 7 heteroatoms. The molecule has 2 aromatic carbocycles. The van der Waals surface area contributed by atoms with Crippen LogP contribution in [-0.2, 0) is 0 Å². The fourth-order valence-electron chi connectivity index (χ4n) is 5.65. The Balaban J connectivity index is 1.08. The molecule has 1 saturated heterocycles. The van der Waals surface area contributed by atoms with Gasteiger partial charge in [-0.2, -0.15) is 0 Å². The van der Waals surface area contributed by atoms with E-state index in [1.165, 1.54) is 12.1 Å². The van der Waals surface area contributed by atoms with Crippen LogP contribution in [0.15, 0.2) is 42.5 Å². The Hall–Kier alpha value is -2.83. The third-order valence-electron chi connectivity index (χ3n) is 7.51. The van der Waals surface area contributed by atoms with E-state index >= 15 is 0 Å². The van der Waals surface area contributed by atoms with E-state index in [0.29, 0.717) is 30.6 Å². The number of amides is 2. The van der Waals surface area contributed by atoms with Crippen molar-refractivity contribution in [2.45, 2.75) is 43.4 Å². The van der Waals surface area contributed by atoms with Crippen molar-refractivity contribution in [3.8, 4) is 5.75 Å². The highest BCUT2D eigenvalue weighted by Crippen LogP contribution is 2.49. The van der Waals surface area contributed by atoms with Gasteiger partial charge in [0.1, 0.15) is 23.0 Å². The smallest absolute Gasteiger partial charge is 0.315 e. The minimum atomic E-state index is -0.569. The van der Waals surface area contributed by atoms with E-state index in [4.69, 9.17) is 4.74 Å². The first-order chi connectivity index (χ1) is 15.0. The maximum Gasteiger partial charge on any atom is 0.315 e. The number of fused-ring (bicyclic) bond motifs is 2. The van der Waals surface area contributed by atoms with Gasteiger partial charge >= 0.3 is 6.03 Å². The second kappa shape index (κ2) is 6.84. The number of halogens is 2. The number of nitrogens with one attached hydrogen (secondary N) is 2. The summed E-state index contributed by atoms with van der Waals surface area (Å²) in [6.07, 6.45) is 4.03. The number of hydrogen-bond acceptors (Lipinski definition) is 3. The number of carbonyl (C=O) groups excluding carboxylic acids is 1. The van der Waals surface area contributed by atoms with Crippen molar-refractivity contribution in [2.24, 2.45) is 11.8 Å². The maximum atomic E-state index is 14.1. The molecule has 0 aromatic heterocycles. The van der Waals surface area contributed by atoms with Crippen LogP contribution in [0.4, 0.5) is 19.3 Å². The van der Waals surface area contributed by atoms with Gasteiger partial charge in [-0.15, -0.1) is 0 Å². The molecule has 2 aliphatic carbocycles. The lowest BCUT2D eigenvalue weighted by Gasteiger charge is -2.48. The summed E-state index contributed by atoms with van der Waals surface area (Å²) in [7, 11) is 0. The zero-order chi connectivity index (χ0) is 21.2. The predicted octanol–water partition coefficient (Wildman–Crippen LogP) is 4.15. The zero-order valence-corrected chi connectivity index (χ0v) is 17.1. The number of hydrogen-bond donors (Lipinski definition) is 2. The summed E-state index contributed by atoms with van der Waals surface area (Å²) in [4.78, 5) is 14.7. The number of para-hydroxylation sites is 1. The standard InChI is InChI=1S/C24H25F2N3O2/c25-14-6-7-20(18(26)10-14)29-12-16-17(13-29)22(16)28-23(30)27-19-11-24(8-3-9-24)31-21-5-2-1-4-15(19)21/h1-2,4-7,10,16-17,19,22H,3,8-9,11-13H2,(H2,27,28,30)/t16-,17+,19?,22?. The van der Waals surface area contributed by atoms with Crippen molar-refractivity contribution < 1.29 is 18.3 Å². The van der Waals surface area contributed by atoms with Crippen LogP contribution in [0.3, 0.4) is 0 Å². The maximum absolute atomic E-state index is 14.1. The van der Waals surface area contributed by atoms with E-state index < -0.39 is 11.6 Å². The quantitative estimate of drug-likeness (QED) is 0.777. The highest BCUT2D eigenvalue weighted by molar-refractivity contribution is 5.76. The lowest BCUT2D eigenvalue weighted by Crippen LogP contribution is -2.51. The monoisotopic (exact) mass is 425 g/mol. The van der Waals surface area contributed by atoms with Gasteiger partial charge in [0.15, 0.2) is 0 Å². The number of carbonyl (C=O) groups is 1. The van der Waals surface area contributed by atoms with Crippen LogP contribution in [-0.4, -0.2) is 30.8 Å². The number of urea groups is 1. The van der Waals surface area contributed by atoms with Crippen molar-refractivity contribution in [1.29, 1.82) is 0 Å². The topological polar surface area (TPSA) is 53.6 Å². The van der Waals surface area contributed by atoms with Crippen molar-refractivity contribution in [3.05, 3.63) is 59.7 Å². The van der Waals surface area contributed by atoms with Crippen LogP contribution >= 0.6 is 0 Å². The highest BCUT2D eigenvalue weighted by atomic mass is 19.1. The number of anilines is 1. The zero-order valence-electron chi connectivity index (χ0n) is 17.1. The van der Waals surface area contributed by atoms with Gasteiger partial charge in [-0.25, -0.2) is 13.6 Å². The summed E-state index contributed by atoms with van der Waals surface area (Å²) >= 11 is 0. The molecule has 2 saturated carbocycles. The lowest BCUT2D eigenvalue weighted by molar-refractivity contribution is -0.0355.